The lowest BCUT2D eigenvalue weighted by Crippen LogP contribution is -2.39. The molecule has 2 N–H and O–H groups in total. The summed E-state index contributed by atoms with van der Waals surface area (Å²) in [5.74, 6) is -0.786. The fraction of sp³-hybridized carbons (Fsp3) is 0.308. The molecule has 2 amide bonds. The molecule has 0 aliphatic carbocycles. The van der Waals surface area contributed by atoms with E-state index in [1.165, 1.54) is 0 Å². The molecule has 1 aromatic heterocycles. The quantitative estimate of drug-likeness (QED) is 0.743. The standard InChI is InChI=1S/C13H13N3O2/c1-7-2-3-8-10(6-7)15-16-12(8)9-4-5-11(17)14-13(9)18/h2-3,6,9H,4-5H2,1H3,(H,15,16)(H,14,17,18). The Kier molecular flexibility index (Phi) is 2.40. The summed E-state index contributed by atoms with van der Waals surface area (Å²) in [5, 5.41) is 10.5. The van der Waals surface area contributed by atoms with Crippen molar-refractivity contribution in [1.82, 2.24) is 15.5 Å². The number of aromatic amines is 1. The van der Waals surface area contributed by atoms with Crippen LogP contribution in [0, 0.1) is 6.92 Å². The lowest BCUT2D eigenvalue weighted by atomic mass is 9.92. The molecule has 3 rings (SSSR count). The van der Waals surface area contributed by atoms with Crippen molar-refractivity contribution in [3.05, 3.63) is 29.5 Å². The third-order valence-corrected chi connectivity index (χ3v) is 3.32. The summed E-state index contributed by atoms with van der Waals surface area (Å²) >= 11 is 0. The number of carbonyl (C=O) groups is 2. The number of aryl methyl sites for hydroxylation is 1. The van der Waals surface area contributed by atoms with Crippen LogP contribution >= 0.6 is 0 Å². The first kappa shape index (κ1) is 11.0. The van der Waals surface area contributed by atoms with Crippen LogP contribution in [0.4, 0.5) is 0 Å². The summed E-state index contributed by atoms with van der Waals surface area (Å²) in [6.07, 6.45) is 0.898. The first-order valence-corrected chi connectivity index (χ1v) is 5.93. The first-order valence-electron chi connectivity index (χ1n) is 5.93. The molecule has 0 spiro atoms. The van der Waals surface area contributed by atoms with Gasteiger partial charge in [0, 0.05) is 11.8 Å². The Balaban J connectivity index is 2.04. The van der Waals surface area contributed by atoms with Crippen molar-refractivity contribution >= 4 is 22.7 Å². The highest BCUT2D eigenvalue weighted by Crippen LogP contribution is 2.29. The molecule has 1 unspecified atom stereocenters. The Bertz CT molecular complexity index is 645. The molecular weight excluding hydrogens is 230 g/mol. The number of hydrogen-bond donors (Lipinski definition) is 2. The minimum Gasteiger partial charge on any atom is -0.296 e. The van der Waals surface area contributed by atoms with E-state index in [2.05, 4.69) is 15.5 Å². The average Bonchev–Trinajstić information content (AvgIpc) is 2.72. The van der Waals surface area contributed by atoms with Gasteiger partial charge in [-0.15, -0.1) is 0 Å². The zero-order chi connectivity index (χ0) is 12.7. The maximum absolute atomic E-state index is 11.8. The number of H-pyrrole nitrogens is 1. The number of aromatic nitrogens is 2. The second-order valence-corrected chi connectivity index (χ2v) is 4.66. The topological polar surface area (TPSA) is 74.8 Å². The zero-order valence-electron chi connectivity index (χ0n) is 9.99. The zero-order valence-corrected chi connectivity index (χ0v) is 9.99. The average molecular weight is 243 g/mol. The second kappa shape index (κ2) is 3.94. The van der Waals surface area contributed by atoms with Crippen LogP contribution in [-0.4, -0.2) is 22.0 Å². The van der Waals surface area contributed by atoms with E-state index in [9.17, 15) is 9.59 Å². The molecule has 1 fully saturated rings. The van der Waals surface area contributed by atoms with Crippen molar-refractivity contribution in [3.63, 3.8) is 0 Å². The van der Waals surface area contributed by atoms with Gasteiger partial charge in [-0.05, 0) is 25.0 Å². The molecule has 2 heterocycles. The summed E-state index contributed by atoms with van der Waals surface area (Å²) < 4.78 is 0. The molecule has 1 saturated heterocycles. The second-order valence-electron chi connectivity index (χ2n) is 4.66. The van der Waals surface area contributed by atoms with Gasteiger partial charge in [0.05, 0.1) is 17.1 Å². The first-order chi connectivity index (χ1) is 8.65. The van der Waals surface area contributed by atoms with Crippen LogP contribution in [0.5, 0.6) is 0 Å². The van der Waals surface area contributed by atoms with Crippen molar-refractivity contribution < 1.29 is 9.59 Å². The largest absolute Gasteiger partial charge is 0.296 e. The van der Waals surface area contributed by atoms with Gasteiger partial charge < -0.3 is 0 Å². The Morgan fingerprint density at radius 1 is 1.33 bits per heavy atom. The number of piperidine rings is 1. The molecule has 0 saturated carbocycles. The third-order valence-electron chi connectivity index (χ3n) is 3.32. The lowest BCUT2D eigenvalue weighted by Gasteiger charge is -2.19. The lowest BCUT2D eigenvalue weighted by molar-refractivity contribution is -0.134. The van der Waals surface area contributed by atoms with E-state index in [0.717, 1.165) is 22.2 Å². The number of amides is 2. The minimum absolute atomic E-state index is 0.202. The van der Waals surface area contributed by atoms with Crippen LogP contribution in [0.1, 0.15) is 30.0 Å². The van der Waals surface area contributed by atoms with Crippen LogP contribution in [0.3, 0.4) is 0 Å². The smallest absolute Gasteiger partial charge is 0.235 e. The number of rotatable bonds is 1. The number of fused-ring (bicyclic) bond motifs is 1. The van der Waals surface area contributed by atoms with Gasteiger partial charge in [-0.3, -0.25) is 20.0 Å². The van der Waals surface area contributed by atoms with E-state index in [-0.39, 0.29) is 17.7 Å². The van der Waals surface area contributed by atoms with Crippen LogP contribution in [-0.2, 0) is 9.59 Å². The molecule has 0 bridgehead atoms. The molecular formula is C13H13N3O2. The Morgan fingerprint density at radius 2 is 2.17 bits per heavy atom. The summed E-state index contributed by atoms with van der Waals surface area (Å²) in [5.41, 5.74) is 2.80. The van der Waals surface area contributed by atoms with Gasteiger partial charge in [-0.1, -0.05) is 12.1 Å². The molecule has 1 aromatic carbocycles. The van der Waals surface area contributed by atoms with E-state index in [0.29, 0.717) is 12.8 Å². The fourth-order valence-corrected chi connectivity index (χ4v) is 2.37. The van der Waals surface area contributed by atoms with Gasteiger partial charge in [0.2, 0.25) is 11.8 Å². The molecule has 5 nitrogen and oxygen atoms in total. The van der Waals surface area contributed by atoms with Crippen molar-refractivity contribution in [1.29, 1.82) is 0 Å². The summed E-state index contributed by atoms with van der Waals surface area (Å²) in [6.45, 7) is 2.01. The van der Waals surface area contributed by atoms with Crippen molar-refractivity contribution in [2.24, 2.45) is 0 Å². The molecule has 1 aliphatic rings. The highest BCUT2D eigenvalue weighted by atomic mass is 16.2. The molecule has 92 valence electrons. The van der Waals surface area contributed by atoms with Gasteiger partial charge in [0.25, 0.3) is 0 Å². The van der Waals surface area contributed by atoms with Crippen LogP contribution in [0.25, 0.3) is 10.9 Å². The fourth-order valence-electron chi connectivity index (χ4n) is 2.37. The molecule has 1 aliphatic heterocycles. The molecule has 5 heteroatoms. The summed E-state index contributed by atoms with van der Waals surface area (Å²) in [4.78, 5) is 23.0. The predicted molar refractivity (Wildman–Crippen MR) is 66.0 cm³/mol. The van der Waals surface area contributed by atoms with E-state index in [1.807, 2.05) is 25.1 Å². The summed E-state index contributed by atoms with van der Waals surface area (Å²) in [7, 11) is 0. The number of benzene rings is 1. The van der Waals surface area contributed by atoms with Crippen LogP contribution in [0.2, 0.25) is 0 Å². The molecule has 0 radical (unpaired) electrons. The number of nitrogens with zero attached hydrogens (tertiary/aromatic N) is 1. The minimum atomic E-state index is -0.334. The normalized spacial score (nSPS) is 20.2. The van der Waals surface area contributed by atoms with E-state index >= 15 is 0 Å². The van der Waals surface area contributed by atoms with Crippen molar-refractivity contribution in [2.75, 3.05) is 0 Å². The van der Waals surface area contributed by atoms with Crippen molar-refractivity contribution in [3.8, 4) is 0 Å². The van der Waals surface area contributed by atoms with Crippen LogP contribution < -0.4 is 5.32 Å². The highest BCUT2D eigenvalue weighted by molar-refractivity contribution is 6.02. The van der Waals surface area contributed by atoms with Crippen molar-refractivity contribution in [2.45, 2.75) is 25.7 Å². The van der Waals surface area contributed by atoms with Gasteiger partial charge in [-0.25, -0.2) is 0 Å². The molecule has 18 heavy (non-hydrogen) atoms. The predicted octanol–water partition coefficient (Wildman–Crippen LogP) is 1.39. The van der Waals surface area contributed by atoms with E-state index in [4.69, 9.17) is 0 Å². The monoisotopic (exact) mass is 243 g/mol. The number of carbonyl (C=O) groups excluding carboxylic acids is 2. The Morgan fingerprint density at radius 3 is 2.94 bits per heavy atom. The van der Waals surface area contributed by atoms with E-state index in [1.54, 1.807) is 0 Å². The number of nitrogens with one attached hydrogen (secondary N) is 2. The third kappa shape index (κ3) is 1.68. The number of imide groups is 1. The Hall–Kier alpha value is -2.17. The maximum atomic E-state index is 11.8. The van der Waals surface area contributed by atoms with Gasteiger partial charge >= 0.3 is 0 Å². The Labute approximate surface area is 104 Å². The van der Waals surface area contributed by atoms with Gasteiger partial charge in [-0.2, -0.15) is 5.10 Å². The molecule has 2 aromatic rings. The number of hydrogen-bond acceptors (Lipinski definition) is 3. The van der Waals surface area contributed by atoms with Crippen LogP contribution in [0.15, 0.2) is 18.2 Å². The van der Waals surface area contributed by atoms with Gasteiger partial charge in [0.15, 0.2) is 0 Å². The SMILES string of the molecule is Cc1ccc2c(C3CCC(=O)NC3=O)n[nH]c2c1. The highest BCUT2D eigenvalue weighted by Gasteiger charge is 2.30. The maximum Gasteiger partial charge on any atom is 0.235 e. The molecule has 1 atom stereocenters. The summed E-state index contributed by atoms with van der Waals surface area (Å²) in [6, 6.07) is 5.96. The van der Waals surface area contributed by atoms with E-state index < -0.39 is 0 Å². The van der Waals surface area contributed by atoms with Gasteiger partial charge in [0.1, 0.15) is 0 Å².